The molecule has 1 unspecified atom stereocenters. The number of unbranched alkanes of at least 4 members (excludes halogenated alkanes) is 2. The zero-order valence-electron chi connectivity index (χ0n) is 23.6. The summed E-state index contributed by atoms with van der Waals surface area (Å²) in [5.41, 5.74) is 6.58. The third kappa shape index (κ3) is 12.0. The van der Waals surface area contributed by atoms with E-state index in [-0.39, 0.29) is 50.3 Å². The minimum absolute atomic E-state index is 0.0253. The van der Waals surface area contributed by atoms with Crippen molar-refractivity contribution in [2.75, 3.05) is 45.8 Å². The van der Waals surface area contributed by atoms with Gasteiger partial charge in [-0.25, -0.2) is 4.79 Å². The first kappa shape index (κ1) is 33.2. The van der Waals surface area contributed by atoms with E-state index in [0.717, 1.165) is 0 Å². The number of amides is 3. The van der Waals surface area contributed by atoms with Crippen LogP contribution in [0.5, 0.6) is 0 Å². The Morgan fingerprint density at radius 1 is 1.00 bits per heavy atom. The van der Waals surface area contributed by atoms with Gasteiger partial charge in [0.1, 0.15) is 11.6 Å². The molecule has 0 aliphatic rings. The van der Waals surface area contributed by atoms with Crippen molar-refractivity contribution in [3.8, 4) is 0 Å². The molecule has 0 aliphatic heterocycles. The van der Waals surface area contributed by atoms with Crippen LogP contribution in [0.25, 0.3) is 11.0 Å². The minimum atomic E-state index is -1.03. The number of nitrogens with two attached hydrogens (primary N) is 1. The van der Waals surface area contributed by atoms with Crippen molar-refractivity contribution in [2.45, 2.75) is 57.9 Å². The van der Waals surface area contributed by atoms with Gasteiger partial charge in [-0.3, -0.25) is 19.2 Å². The molecule has 0 saturated heterocycles. The molecule has 1 atom stereocenters. The van der Waals surface area contributed by atoms with Crippen LogP contribution in [0.1, 0.15) is 49.7 Å². The van der Waals surface area contributed by atoms with Gasteiger partial charge in [-0.15, -0.1) is 0 Å². The second kappa shape index (κ2) is 17.7. The van der Waals surface area contributed by atoms with Crippen LogP contribution in [0.3, 0.4) is 0 Å². The van der Waals surface area contributed by atoms with Gasteiger partial charge in [0, 0.05) is 50.2 Å². The smallest absolute Gasteiger partial charge is 0.340 e. The Kier molecular flexibility index (Phi) is 14.3. The van der Waals surface area contributed by atoms with E-state index in [1.54, 1.807) is 26.2 Å². The molecule has 0 saturated carbocycles. The zero-order valence-corrected chi connectivity index (χ0v) is 23.6. The lowest BCUT2D eigenvalue weighted by molar-refractivity contribution is -0.137. The lowest BCUT2D eigenvalue weighted by Gasteiger charge is -2.19. The standard InChI is InChI=1S/C28H40N4O9/c1-18-20-8-7-19(29)16-23(20)41-28(38)21(18)17-25(34)32-22(27(37)31-12-13-40-15-14-39-2)9-10-24(33)30-11-5-3-4-6-26(35)36/h7-8,16,22H,3-6,9-15,17,29H2,1-2H3,(H,30,33)(H,31,37)(H,32,34)(H,35,36). The van der Waals surface area contributed by atoms with Crippen LogP contribution < -0.4 is 27.3 Å². The van der Waals surface area contributed by atoms with Crippen molar-refractivity contribution in [2.24, 2.45) is 0 Å². The normalized spacial score (nSPS) is 11.7. The minimum Gasteiger partial charge on any atom is -0.481 e. The van der Waals surface area contributed by atoms with Gasteiger partial charge in [0.2, 0.25) is 17.7 Å². The molecule has 0 aliphatic carbocycles. The molecule has 0 bridgehead atoms. The molecule has 41 heavy (non-hydrogen) atoms. The summed E-state index contributed by atoms with van der Waals surface area (Å²) in [6.07, 6.45) is 1.57. The van der Waals surface area contributed by atoms with E-state index < -0.39 is 29.5 Å². The highest BCUT2D eigenvalue weighted by Gasteiger charge is 2.23. The summed E-state index contributed by atoms with van der Waals surface area (Å²) < 4.78 is 15.6. The van der Waals surface area contributed by atoms with Gasteiger partial charge >= 0.3 is 11.6 Å². The van der Waals surface area contributed by atoms with E-state index in [1.165, 1.54) is 6.07 Å². The van der Waals surface area contributed by atoms with E-state index in [4.69, 9.17) is 24.7 Å². The van der Waals surface area contributed by atoms with E-state index >= 15 is 0 Å². The van der Waals surface area contributed by atoms with Crippen molar-refractivity contribution in [1.29, 1.82) is 0 Å². The average molecular weight is 577 g/mol. The van der Waals surface area contributed by atoms with Gasteiger partial charge in [-0.05, 0) is 43.9 Å². The van der Waals surface area contributed by atoms with E-state index in [0.29, 0.717) is 61.2 Å². The highest BCUT2D eigenvalue weighted by molar-refractivity contribution is 5.90. The summed E-state index contributed by atoms with van der Waals surface area (Å²) in [6.45, 7) is 3.29. The molecule has 13 nitrogen and oxygen atoms in total. The van der Waals surface area contributed by atoms with Gasteiger partial charge < -0.3 is 40.7 Å². The van der Waals surface area contributed by atoms with Crippen molar-refractivity contribution >= 4 is 40.3 Å². The molecule has 0 fully saturated rings. The fourth-order valence-electron chi connectivity index (χ4n) is 4.07. The second-order valence-corrected chi connectivity index (χ2v) is 9.53. The molecule has 1 aromatic carbocycles. The number of anilines is 1. The number of aliphatic carboxylic acids is 1. The van der Waals surface area contributed by atoms with Crippen LogP contribution in [0.4, 0.5) is 5.69 Å². The van der Waals surface area contributed by atoms with Gasteiger partial charge in [0.25, 0.3) is 0 Å². The second-order valence-electron chi connectivity index (χ2n) is 9.53. The fourth-order valence-corrected chi connectivity index (χ4v) is 4.07. The molecule has 13 heteroatoms. The lowest BCUT2D eigenvalue weighted by atomic mass is 10.0. The summed E-state index contributed by atoms with van der Waals surface area (Å²) in [7, 11) is 1.55. The van der Waals surface area contributed by atoms with Crippen molar-refractivity contribution in [1.82, 2.24) is 16.0 Å². The summed E-state index contributed by atoms with van der Waals surface area (Å²) in [5.74, 6) is -2.23. The highest BCUT2D eigenvalue weighted by Crippen LogP contribution is 2.22. The maximum atomic E-state index is 13.0. The van der Waals surface area contributed by atoms with Crippen LogP contribution in [-0.4, -0.2) is 74.9 Å². The molecule has 2 rings (SSSR count). The average Bonchev–Trinajstić information content (AvgIpc) is 2.92. The van der Waals surface area contributed by atoms with Crippen LogP contribution >= 0.6 is 0 Å². The molecule has 0 spiro atoms. The largest absolute Gasteiger partial charge is 0.481 e. The maximum Gasteiger partial charge on any atom is 0.340 e. The Hall–Kier alpha value is -3.97. The number of rotatable bonds is 19. The number of methoxy groups -OCH3 is 1. The Morgan fingerprint density at radius 2 is 1.78 bits per heavy atom. The number of carbonyl (C=O) groups excluding carboxylic acids is 3. The number of ether oxygens (including phenoxy) is 2. The van der Waals surface area contributed by atoms with Gasteiger partial charge in [-0.1, -0.05) is 6.42 Å². The molecular formula is C28H40N4O9. The Morgan fingerprint density at radius 3 is 2.51 bits per heavy atom. The number of nitrogen functional groups attached to an aromatic ring is 1. The quantitative estimate of drug-likeness (QED) is 0.0914. The third-order valence-corrected chi connectivity index (χ3v) is 6.33. The van der Waals surface area contributed by atoms with Crippen molar-refractivity contribution in [3.05, 3.63) is 39.7 Å². The monoisotopic (exact) mass is 576 g/mol. The SMILES string of the molecule is COCCOCCNC(=O)C(CCC(=O)NCCCCCC(=O)O)NC(=O)Cc1c(C)c2ccc(N)cc2oc1=O. The number of hydrogen-bond donors (Lipinski definition) is 5. The number of aryl methyl sites for hydroxylation is 1. The van der Waals surface area contributed by atoms with Crippen molar-refractivity contribution in [3.63, 3.8) is 0 Å². The summed E-state index contributed by atoms with van der Waals surface area (Å²) in [5, 5.41) is 17.4. The Labute approximate surface area is 238 Å². The Bertz CT molecular complexity index is 1250. The topological polar surface area (TPSA) is 199 Å². The number of fused-ring (bicyclic) bond motifs is 1. The maximum absolute atomic E-state index is 13.0. The van der Waals surface area contributed by atoms with E-state index in [9.17, 15) is 24.0 Å². The Balaban J connectivity index is 1.99. The van der Waals surface area contributed by atoms with Crippen LogP contribution in [0, 0.1) is 6.92 Å². The van der Waals surface area contributed by atoms with E-state index in [2.05, 4.69) is 16.0 Å². The van der Waals surface area contributed by atoms with Crippen LogP contribution in [0.15, 0.2) is 27.4 Å². The number of benzene rings is 1. The van der Waals surface area contributed by atoms with E-state index in [1.807, 2.05) is 0 Å². The molecule has 226 valence electrons. The number of carboxylic acid groups (broad SMARTS) is 1. The predicted octanol–water partition coefficient (Wildman–Crippen LogP) is 1.03. The summed E-state index contributed by atoms with van der Waals surface area (Å²) in [4.78, 5) is 61.4. The lowest BCUT2D eigenvalue weighted by Crippen LogP contribution is -2.48. The molecule has 1 aromatic heterocycles. The molecule has 3 amide bonds. The fraction of sp³-hybridized carbons (Fsp3) is 0.536. The number of carbonyl (C=O) groups is 4. The molecular weight excluding hydrogens is 536 g/mol. The van der Waals surface area contributed by atoms with Gasteiger partial charge in [0.05, 0.1) is 31.8 Å². The zero-order chi connectivity index (χ0) is 30.2. The number of hydrogen-bond acceptors (Lipinski definition) is 9. The highest BCUT2D eigenvalue weighted by atomic mass is 16.5. The molecule has 0 radical (unpaired) electrons. The summed E-state index contributed by atoms with van der Waals surface area (Å²) >= 11 is 0. The molecule has 2 aromatic rings. The van der Waals surface area contributed by atoms with Gasteiger partial charge in [0.15, 0.2) is 0 Å². The van der Waals surface area contributed by atoms with Crippen LogP contribution in [0.2, 0.25) is 0 Å². The first-order valence-electron chi connectivity index (χ1n) is 13.6. The number of nitrogens with one attached hydrogen (secondary N) is 3. The first-order valence-corrected chi connectivity index (χ1v) is 13.6. The summed E-state index contributed by atoms with van der Waals surface area (Å²) in [6, 6.07) is 3.88. The van der Waals surface area contributed by atoms with Crippen LogP contribution in [-0.2, 0) is 35.1 Å². The first-order chi connectivity index (χ1) is 19.6. The molecule has 6 N–H and O–H groups in total. The number of carboxylic acids is 1. The van der Waals surface area contributed by atoms with Gasteiger partial charge in [-0.2, -0.15) is 0 Å². The van der Waals surface area contributed by atoms with Crippen molar-refractivity contribution < 1.29 is 38.2 Å². The molecule has 1 heterocycles. The third-order valence-electron chi connectivity index (χ3n) is 6.33. The predicted molar refractivity (Wildman–Crippen MR) is 151 cm³/mol.